The molecule has 0 radical (unpaired) electrons. The Morgan fingerprint density at radius 3 is 2.42 bits per heavy atom. The van der Waals surface area contributed by atoms with Gasteiger partial charge in [0.1, 0.15) is 18.0 Å². The second kappa shape index (κ2) is 8.11. The normalized spacial score (nSPS) is 10.4. The summed E-state index contributed by atoms with van der Waals surface area (Å²) >= 11 is 0. The lowest BCUT2D eigenvalue weighted by Gasteiger charge is -2.09. The molecule has 2 N–H and O–H groups in total. The molecule has 3 aromatic rings. The minimum absolute atomic E-state index is 0.791. The van der Waals surface area contributed by atoms with Crippen LogP contribution in [-0.4, -0.2) is 16.5 Å². The van der Waals surface area contributed by atoms with Crippen molar-refractivity contribution in [3.05, 3.63) is 78.1 Å². The molecule has 4 heteroatoms. The highest BCUT2D eigenvalue weighted by Crippen LogP contribution is 2.16. The Kier molecular flexibility index (Phi) is 5.40. The van der Waals surface area contributed by atoms with Crippen LogP contribution < -0.4 is 10.6 Å². The fraction of sp³-hybridized carbons (Fsp3) is 0.200. The molecule has 0 saturated heterocycles. The number of rotatable bonds is 7. The van der Waals surface area contributed by atoms with Crippen LogP contribution in [0.4, 0.5) is 17.3 Å². The van der Waals surface area contributed by atoms with Crippen molar-refractivity contribution < 1.29 is 0 Å². The summed E-state index contributed by atoms with van der Waals surface area (Å²) in [5.74, 6) is 1.63. The Morgan fingerprint density at radius 2 is 1.62 bits per heavy atom. The van der Waals surface area contributed by atoms with Crippen LogP contribution in [0.15, 0.2) is 67.0 Å². The fourth-order valence-electron chi connectivity index (χ4n) is 2.46. The molecule has 4 nitrogen and oxygen atoms in total. The van der Waals surface area contributed by atoms with Crippen molar-refractivity contribution in [3.63, 3.8) is 0 Å². The van der Waals surface area contributed by atoms with Gasteiger partial charge in [-0.15, -0.1) is 0 Å². The molecule has 1 aromatic heterocycles. The zero-order chi connectivity index (χ0) is 16.6. The number of nitrogens with zero attached hydrogens (tertiary/aromatic N) is 2. The summed E-state index contributed by atoms with van der Waals surface area (Å²) < 4.78 is 0. The van der Waals surface area contributed by atoms with E-state index >= 15 is 0 Å². The summed E-state index contributed by atoms with van der Waals surface area (Å²) in [5, 5.41) is 6.66. The van der Waals surface area contributed by atoms with E-state index in [-0.39, 0.29) is 0 Å². The Labute approximate surface area is 143 Å². The van der Waals surface area contributed by atoms with E-state index in [4.69, 9.17) is 0 Å². The molecule has 0 unspecified atom stereocenters. The summed E-state index contributed by atoms with van der Waals surface area (Å²) in [4.78, 5) is 8.55. The molecule has 3 rings (SSSR count). The van der Waals surface area contributed by atoms with Gasteiger partial charge in [0.15, 0.2) is 0 Å². The number of anilines is 3. The summed E-state index contributed by atoms with van der Waals surface area (Å²) in [5.41, 5.74) is 3.63. The Bertz CT molecular complexity index is 754. The van der Waals surface area contributed by atoms with Crippen LogP contribution in [0.25, 0.3) is 0 Å². The topological polar surface area (TPSA) is 49.8 Å². The number of aromatic nitrogens is 2. The molecule has 0 saturated carbocycles. The first-order valence-corrected chi connectivity index (χ1v) is 8.23. The van der Waals surface area contributed by atoms with Gasteiger partial charge in [0.2, 0.25) is 0 Å². The van der Waals surface area contributed by atoms with Crippen molar-refractivity contribution in [2.24, 2.45) is 0 Å². The van der Waals surface area contributed by atoms with Gasteiger partial charge in [0.05, 0.1) is 0 Å². The first kappa shape index (κ1) is 16.0. The second-order valence-electron chi connectivity index (χ2n) is 5.80. The number of aryl methyl sites for hydroxylation is 2. The maximum atomic E-state index is 4.28. The van der Waals surface area contributed by atoms with Crippen LogP contribution in [0.2, 0.25) is 0 Å². The maximum absolute atomic E-state index is 4.28. The molecule has 0 atom stereocenters. The van der Waals surface area contributed by atoms with E-state index < -0.39 is 0 Å². The van der Waals surface area contributed by atoms with E-state index in [0.717, 1.165) is 36.7 Å². The number of benzene rings is 2. The number of hydrogen-bond donors (Lipinski definition) is 2. The first-order valence-electron chi connectivity index (χ1n) is 8.23. The van der Waals surface area contributed by atoms with Crippen LogP contribution in [0, 0.1) is 6.92 Å². The predicted octanol–water partition coefficient (Wildman–Crippen LogP) is 4.57. The minimum Gasteiger partial charge on any atom is -0.370 e. The smallest absolute Gasteiger partial charge is 0.135 e. The van der Waals surface area contributed by atoms with Gasteiger partial charge in [-0.1, -0.05) is 48.0 Å². The molecular formula is C20H22N4. The summed E-state index contributed by atoms with van der Waals surface area (Å²) in [7, 11) is 0. The largest absolute Gasteiger partial charge is 0.370 e. The first-order chi connectivity index (χ1) is 11.8. The van der Waals surface area contributed by atoms with E-state index in [1.54, 1.807) is 6.33 Å². The fourth-order valence-corrected chi connectivity index (χ4v) is 2.46. The van der Waals surface area contributed by atoms with Gasteiger partial charge in [0.25, 0.3) is 0 Å². The molecule has 1 heterocycles. The van der Waals surface area contributed by atoms with Crippen molar-refractivity contribution in [1.82, 2.24) is 9.97 Å². The lowest BCUT2D eigenvalue weighted by atomic mass is 10.1. The third-order valence-corrected chi connectivity index (χ3v) is 3.78. The average Bonchev–Trinajstić information content (AvgIpc) is 2.62. The quantitative estimate of drug-likeness (QED) is 0.626. The predicted molar refractivity (Wildman–Crippen MR) is 99.7 cm³/mol. The lowest BCUT2D eigenvalue weighted by molar-refractivity contribution is 0.858. The number of hydrogen-bond acceptors (Lipinski definition) is 4. The second-order valence-corrected chi connectivity index (χ2v) is 5.80. The molecule has 0 aliphatic heterocycles. The zero-order valence-electron chi connectivity index (χ0n) is 13.9. The molecule has 122 valence electrons. The van der Waals surface area contributed by atoms with Crippen LogP contribution in [0.3, 0.4) is 0 Å². The molecule has 0 fully saturated rings. The van der Waals surface area contributed by atoms with Gasteiger partial charge in [-0.05, 0) is 37.5 Å². The maximum Gasteiger partial charge on any atom is 0.135 e. The van der Waals surface area contributed by atoms with E-state index in [1.807, 2.05) is 24.3 Å². The van der Waals surface area contributed by atoms with Gasteiger partial charge < -0.3 is 10.6 Å². The van der Waals surface area contributed by atoms with Crippen molar-refractivity contribution >= 4 is 17.3 Å². The third kappa shape index (κ3) is 4.81. The monoisotopic (exact) mass is 318 g/mol. The van der Waals surface area contributed by atoms with E-state index in [9.17, 15) is 0 Å². The molecule has 24 heavy (non-hydrogen) atoms. The van der Waals surface area contributed by atoms with Crippen molar-refractivity contribution in [3.8, 4) is 0 Å². The van der Waals surface area contributed by atoms with Gasteiger partial charge >= 0.3 is 0 Å². The molecule has 0 bridgehead atoms. The van der Waals surface area contributed by atoms with Crippen LogP contribution in [0.5, 0.6) is 0 Å². The van der Waals surface area contributed by atoms with Gasteiger partial charge in [0, 0.05) is 18.3 Å². The Hall–Kier alpha value is -2.88. The van der Waals surface area contributed by atoms with Crippen LogP contribution >= 0.6 is 0 Å². The number of nitrogens with one attached hydrogen (secondary N) is 2. The molecule has 2 aromatic carbocycles. The molecule has 0 spiro atoms. The molecule has 0 aliphatic carbocycles. The van der Waals surface area contributed by atoms with E-state index in [1.165, 1.54) is 11.1 Å². The van der Waals surface area contributed by atoms with Crippen LogP contribution in [0.1, 0.15) is 17.5 Å². The van der Waals surface area contributed by atoms with Gasteiger partial charge in [-0.25, -0.2) is 9.97 Å². The third-order valence-electron chi connectivity index (χ3n) is 3.78. The standard InChI is InChI=1S/C20H22N4/c1-16-9-11-18(12-10-16)24-20-14-19(22-15-23-20)21-13-5-8-17-6-3-2-4-7-17/h2-4,6-7,9-12,14-15H,5,8,13H2,1H3,(H2,21,22,23,24). The highest BCUT2D eigenvalue weighted by Gasteiger charge is 2.00. The zero-order valence-corrected chi connectivity index (χ0v) is 13.9. The average molecular weight is 318 g/mol. The molecular weight excluding hydrogens is 296 g/mol. The summed E-state index contributed by atoms with van der Waals surface area (Å²) in [6.07, 6.45) is 3.71. The Morgan fingerprint density at radius 1 is 0.875 bits per heavy atom. The van der Waals surface area contributed by atoms with Crippen molar-refractivity contribution in [2.45, 2.75) is 19.8 Å². The Balaban J connectivity index is 1.50. The highest BCUT2D eigenvalue weighted by atomic mass is 15.1. The van der Waals surface area contributed by atoms with Gasteiger partial charge in [-0.3, -0.25) is 0 Å². The lowest BCUT2D eigenvalue weighted by Crippen LogP contribution is -2.05. The molecule has 0 amide bonds. The van der Waals surface area contributed by atoms with Crippen molar-refractivity contribution in [1.29, 1.82) is 0 Å². The minimum atomic E-state index is 0.791. The summed E-state index contributed by atoms with van der Waals surface area (Å²) in [6, 6.07) is 20.7. The van der Waals surface area contributed by atoms with E-state index in [2.05, 4.69) is 63.9 Å². The van der Waals surface area contributed by atoms with E-state index in [0.29, 0.717) is 0 Å². The molecule has 0 aliphatic rings. The highest BCUT2D eigenvalue weighted by molar-refractivity contribution is 5.58. The van der Waals surface area contributed by atoms with Crippen molar-refractivity contribution in [2.75, 3.05) is 17.2 Å². The van der Waals surface area contributed by atoms with Gasteiger partial charge in [-0.2, -0.15) is 0 Å². The van der Waals surface area contributed by atoms with Crippen LogP contribution in [-0.2, 0) is 6.42 Å². The summed E-state index contributed by atoms with van der Waals surface area (Å²) in [6.45, 7) is 2.96. The SMILES string of the molecule is Cc1ccc(Nc2cc(NCCCc3ccccc3)ncn2)cc1.